The molecule has 14 atom stereocenters. The number of carbonyl (C=O) groups excluding carboxylic acids is 3. The number of carbonyl (C=O) groups is 3. The van der Waals surface area contributed by atoms with Crippen molar-refractivity contribution in [2.75, 3.05) is 53.0 Å². The summed E-state index contributed by atoms with van der Waals surface area (Å²) in [4.78, 5) is 43.3. The lowest BCUT2D eigenvalue weighted by atomic mass is 9.42. The van der Waals surface area contributed by atoms with Gasteiger partial charge in [0.25, 0.3) is 0 Å². The fraction of sp³-hybridized carbons (Fsp3) is 0.757. The van der Waals surface area contributed by atoms with Crippen molar-refractivity contribution in [2.24, 2.45) is 40.4 Å². The molecule has 1 aromatic carbocycles. The SMILES string of the molecule is CCN1C[C@@]2(COC(=O)c3ccccc3N3C(=O)CC(C)C3=O)CC[C@H](OC)[C@@]34C5C[C@H]6C(OC)C5[C@](O)(C[C@@H]6OC)[C@](O)(C(OC)C23)C14. The van der Waals surface area contributed by atoms with Crippen LogP contribution in [0.2, 0.25) is 0 Å². The van der Waals surface area contributed by atoms with Crippen molar-refractivity contribution in [1.29, 1.82) is 0 Å². The first-order valence-electron chi connectivity index (χ1n) is 17.9. The molecule has 5 saturated carbocycles. The highest BCUT2D eigenvalue weighted by Crippen LogP contribution is 2.80. The molecule has 8 rings (SSSR count). The Kier molecular flexibility index (Phi) is 7.75. The zero-order chi connectivity index (χ0) is 34.8. The number of ether oxygens (including phenoxy) is 5. The molecule has 0 radical (unpaired) electrons. The predicted octanol–water partition coefficient (Wildman–Crippen LogP) is 2.04. The lowest BCUT2D eigenvalue weighted by Gasteiger charge is -2.70. The number of fused-ring (bicyclic) bond motifs is 2. The van der Waals surface area contributed by atoms with Crippen molar-refractivity contribution < 1.29 is 48.3 Å². The van der Waals surface area contributed by atoms with Gasteiger partial charge in [-0.25, -0.2) is 9.69 Å². The van der Waals surface area contributed by atoms with Gasteiger partial charge < -0.3 is 33.9 Å². The van der Waals surface area contributed by atoms with Crippen LogP contribution in [0.3, 0.4) is 0 Å². The summed E-state index contributed by atoms with van der Waals surface area (Å²) in [5.41, 5.74) is -4.17. The Balaban J connectivity index is 1.23. The van der Waals surface area contributed by atoms with E-state index < -0.39 is 46.1 Å². The van der Waals surface area contributed by atoms with Crippen molar-refractivity contribution in [1.82, 2.24) is 4.90 Å². The Bertz CT molecular complexity index is 1560. The second-order valence-electron chi connectivity index (χ2n) is 16.0. The van der Waals surface area contributed by atoms with Gasteiger partial charge in [-0.2, -0.15) is 0 Å². The molecule has 2 saturated heterocycles. The molecule has 1 aromatic rings. The minimum absolute atomic E-state index is 0.0358. The average Bonchev–Trinajstić information content (AvgIpc) is 3.63. The zero-order valence-corrected chi connectivity index (χ0v) is 29.3. The van der Waals surface area contributed by atoms with Crippen molar-refractivity contribution >= 4 is 23.5 Å². The maximum absolute atomic E-state index is 14.1. The monoisotopic (exact) mass is 682 g/mol. The molecule has 7 fully saturated rings. The van der Waals surface area contributed by atoms with Crippen LogP contribution in [-0.4, -0.2) is 123 Å². The van der Waals surface area contributed by atoms with Crippen LogP contribution in [0.25, 0.3) is 0 Å². The summed E-state index contributed by atoms with van der Waals surface area (Å²) in [5, 5.41) is 26.6. The number of para-hydroxylation sites is 1. The van der Waals surface area contributed by atoms with Gasteiger partial charge in [-0.1, -0.05) is 26.0 Å². The smallest absolute Gasteiger partial charge is 0.340 e. The molecule has 0 aromatic heterocycles. The molecule has 7 unspecified atom stereocenters. The van der Waals surface area contributed by atoms with E-state index in [0.29, 0.717) is 25.9 Å². The molecule has 12 nitrogen and oxygen atoms in total. The predicted molar refractivity (Wildman–Crippen MR) is 174 cm³/mol. The van der Waals surface area contributed by atoms with Crippen LogP contribution in [0.4, 0.5) is 5.69 Å². The van der Waals surface area contributed by atoms with Gasteiger partial charge in [0.2, 0.25) is 11.8 Å². The minimum atomic E-state index is -1.70. The van der Waals surface area contributed by atoms with E-state index in [1.54, 1.807) is 59.6 Å². The lowest BCUT2D eigenvalue weighted by molar-refractivity contribution is -0.320. The number of rotatable bonds is 9. The number of likely N-dealkylation sites (N-methyl/N-ethyl adjacent to an activating group) is 1. The zero-order valence-electron chi connectivity index (χ0n) is 29.3. The molecule has 2 heterocycles. The van der Waals surface area contributed by atoms with Gasteiger partial charge >= 0.3 is 5.97 Å². The van der Waals surface area contributed by atoms with E-state index >= 15 is 0 Å². The van der Waals surface area contributed by atoms with Crippen LogP contribution in [0.15, 0.2) is 24.3 Å². The molecule has 2 aliphatic heterocycles. The standard InChI is InChI=1S/C37H50N2O10/c1-7-38-17-34(18-49-32(42)20-10-8-9-11-23(20)39-26(40)14-19(2)31(39)41)13-12-25(46-4)36-22-15-21-24(45-3)16-35(43,27(22)28(21)47-5)37(44,33(36)38)30(48-6)29(34)36/h8-11,19,21-22,24-25,27-30,33,43-44H,7,12-18H2,1-6H3/t19?,21-,22?,24+,25+,27?,28?,29?,30?,33?,34-,35-,36+,37+/m1/s1. The van der Waals surface area contributed by atoms with Crippen molar-refractivity contribution in [3.8, 4) is 0 Å². The third-order valence-corrected chi connectivity index (χ3v) is 14.5. The van der Waals surface area contributed by atoms with Crippen molar-refractivity contribution in [2.45, 2.75) is 87.6 Å². The van der Waals surface area contributed by atoms with E-state index in [4.69, 9.17) is 23.7 Å². The summed E-state index contributed by atoms with van der Waals surface area (Å²) < 4.78 is 31.4. The number of piperidine rings is 1. The summed E-state index contributed by atoms with van der Waals surface area (Å²) in [6.07, 6.45) is 0.813. The molecular formula is C37H50N2O10. The molecule has 2 N–H and O–H groups in total. The second-order valence-corrected chi connectivity index (χ2v) is 16.0. The van der Waals surface area contributed by atoms with Gasteiger partial charge in [0.05, 0.1) is 48.3 Å². The largest absolute Gasteiger partial charge is 0.461 e. The molecule has 2 amide bonds. The van der Waals surface area contributed by atoms with Crippen LogP contribution in [0.1, 0.15) is 56.3 Å². The van der Waals surface area contributed by atoms with Gasteiger partial charge in [0.1, 0.15) is 11.2 Å². The van der Waals surface area contributed by atoms with Gasteiger partial charge in [-0.15, -0.1) is 0 Å². The minimum Gasteiger partial charge on any atom is -0.461 e. The molecule has 1 spiro atoms. The van der Waals surface area contributed by atoms with Crippen LogP contribution >= 0.6 is 0 Å². The molecular weight excluding hydrogens is 632 g/mol. The fourth-order valence-electron chi connectivity index (χ4n) is 13.2. The van der Waals surface area contributed by atoms with E-state index in [-0.39, 0.29) is 84.5 Å². The number of aliphatic hydroxyl groups is 2. The average molecular weight is 683 g/mol. The van der Waals surface area contributed by atoms with Crippen LogP contribution in [-0.2, 0) is 33.3 Å². The summed E-state index contributed by atoms with van der Waals surface area (Å²) in [6, 6.07) is 6.12. The van der Waals surface area contributed by atoms with Crippen LogP contribution in [0, 0.1) is 40.4 Å². The summed E-state index contributed by atoms with van der Waals surface area (Å²) in [7, 11) is 6.70. The quantitative estimate of drug-likeness (QED) is 0.292. The second kappa shape index (κ2) is 11.3. The van der Waals surface area contributed by atoms with Crippen LogP contribution in [0.5, 0.6) is 0 Å². The Hall–Kier alpha value is -2.45. The van der Waals surface area contributed by atoms with Gasteiger partial charge in [0.15, 0.2) is 0 Å². The van der Waals surface area contributed by atoms with E-state index in [0.717, 1.165) is 11.3 Å². The van der Waals surface area contributed by atoms with Gasteiger partial charge in [-0.05, 0) is 43.9 Å². The summed E-state index contributed by atoms with van der Waals surface area (Å²) in [5.74, 6) is -2.47. The number of amides is 2. The molecule has 7 bridgehead atoms. The third-order valence-electron chi connectivity index (χ3n) is 14.5. The highest BCUT2D eigenvalue weighted by molar-refractivity contribution is 6.22. The maximum atomic E-state index is 14.1. The first-order chi connectivity index (χ1) is 23.4. The van der Waals surface area contributed by atoms with Gasteiger partial charge in [0, 0.05) is 82.3 Å². The number of hydrogen-bond acceptors (Lipinski definition) is 11. The topological polar surface area (TPSA) is 144 Å². The number of likely N-dealkylation sites (tertiary alicyclic amines) is 1. The first kappa shape index (κ1) is 33.7. The van der Waals surface area contributed by atoms with Crippen LogP contribution < -0.4 is 4.90 Å². The number of benzene rings is 1. The van der Waals surface area contributed by atoms with E-state index in [9.17, 15) is 24.6 Å². The first-order valence-corrected chi connectivity index (χ1v) is 17.9. The maximum Gasteiger partial charge on any atom is 0.340 e. The Morgan fingerprint density at radius 3 is 2.43 bits per heavy atom. The molecule has 7 aliphatic rings. The Morgan fingerprint density at radius 2 is 1.80 bits per heavy atom. The lowest BCUT2D eigenvalue weighted by Crippen LogP contribution is -2.82. The number of anilines is 1. The number of esters is 1. The van der Waals surface area contributed by atoms with E-state index in [1.807, 2.05) is 0 Å². The third kappa shape index (κ3) is 3.86. The molecule has 268 valence electrons. The molecule has 12 heteroatoms. The summed E-state index contributed by atoms with van der Waals surface area (Å²) >= 11 is 0. The Morgan fingerprint density at radius 1 is 1.04 bits per heavy atom. The van der Waals surface area contributed by atoms with E-state index in [2.05, 4.69) is 11.8 Å². The molecule has 5 aliphatic carbocycles. The van der Waals surface area contributed by atoms with E-state index in [1.165, 1.54) is 0 Å². The highest BCUT2D eigenvalue weighted by atomic mass is 16.5. The number of hydrogen-bond donors (Lipinski definition) is 2. The van der Waals surface area contributed by atoms with Crippen molar-refractivity contribution in [3.05, 3.63) is 29.8 Å². The van der Waals surface area contributed by atoms with Gasteiger partial charge in [-0.3, -0.25) is 14.5 Å². The van der Waals surface area contributed by atoms with Crippen molar-refractivity contribution in [3.63, 3.8) is 0 Å². The number of nitrogens with zero attached hydrogens (tertiary/aromatic N) is 2. The summed E-state index contributed by atoms with van der Waals surface area (Å²) in [6.45, 7) is 4.95. The number of methoxy groups -OCH3 is 4. The molecule has 49 heavy (non-hydrogen) atoms. The fourth-order valence-corrected chi connectivity index (χ4v) is 13.2. The Labute approximate surface area is 287 Å². The highest BCUT2D eigenvalue weighted by Gasteiger charge is 2.91. The number of imide groups is 1. The normalized spacial score (nSPS) is 48.0.